The van der Waals surface area contributed by atoms with Crippen molar-refractivity contribution in [3.63, 3.8) is 0 Å². The van der Waals surface area contributed by atoms with Gasteiger partial charge in [0.1, 0.15) is 13.6 Å². The Bertz CT molecular complexity index is 465. The van der Waals surface area contributed by atoms with Crippen molar-refractivity contribution >= 4 is 13.3 Å². The van der Waals surface area contributed by atoms with Crippen LogP contribution in [0.5, 0.6) is 5.75 Å². The van der Waals surface area contributed by atoms with E-state index in [1.807, 2.05) is 12.1 Å². The Hall–Kier alpha value is -1.70. The molecule has 0 heterocycles. The smallest absolute Gasteiger partial charge is 0.139 e. The van der Waals surface area contributed by atoms with Crippen LogP contribution in [0.4, 0.5) is 0 Å². The summed E-state index contributed by atoms with van der Waals surface area (Å²) in [6, 6.07) is 16.8. The Morgan fingerprint density at radius 3 is 2.50 bits per heavy atom. The minimum absolute atomic E-state index is 0.922. The maximum Gasteiger partial charge on any atom is 0.139 e. The predicted octanol–water partition coefficient (Wildman–Crippen LogP) is 1.54. The van der Waals surface area contributed by atoms with Crippen molar-refractivity contribution in [1.29, 1.82) is 0 Å². The zero-order chi connectivity index (χ0) is 11.4. The molecule has 0 aromatic heterocycles. The lowest BCUT2D eigenvalue weighted by atomic mass is 9.92. The number of methoxy groups -OCH3 is 1. The molecule has 0 saturated heterocycles. The molecule has 0 atom stereocenters. The highest BCUT2D eigenvalue weighted by molar-refractivity contribution is 6.32. The molecule has 0 radical (unpaired) electrons. The van der Waals surface area contributed by atoms with E-state index in [0.717, 1.165) is 12.2 Å². The molecule has 0 aliphatic carbocycles. The van der Waals surface area contributed by atoms with Crippen molar-refractivity contribution in [2.75, 3.05) is 7.11 Å². The van der Waals surface area contributed by atoms with Crippen LogP contribution in [0.15, 0.2) is 48.5 Å². The van der Waals surface area contributed by atoms with Crippen LogP contribution < -0.4 is 10.2 Å². The Balaban J connectivity index is 2.30. The highest BCUT2D eigenvalue weighted by atomic mass is 16.5. The third-order valence-corrected chi connectivity index (χ3v) is 2.67. The molecule has 1 nitrogen and oxygen atoms in total. The Morgan fingerprint density at radius 2 is 1.81 bits per heavy atom. The van der Waals surface area contributed by atoms with Crippen molar-refractivity contribution in [1.82, 2.24) is 0 Å². The number of benzene rings is 2. The van der Waals surface area contributed by atoms with Crippen LogP contribution in [0.2, 0.25) is 0 Å². The van der Waals surface area contributed by atoms with Crippen molar-refractivity contribution < 1.29 is 4.74 Å². The molecule has 2 rings (SSSR count). The number of rotatable bonds is 3. The first-order valence-corrected chi connectivity index (χ1v) is 5.47. The fourth-order valence-corrected chi connectivity index (χ4v) is 1.86. The summed E-state index contributed by atoms with van der Waals surface area (Å²) < 4.78 is 5.37. The molecule has 0 N–H and O–H groups in total. The summed E-state index contributed by atoms with van der Waals surface area (Å²) in [6.45, 7) is 0. The van der Waals surface area contributed by atoms with Crippen molar-refractivity contribution in [2.45, 2.75) is 6.42 Å². The third kappa shape index (κ3) is 2.46. The molecule has 2 heteroatoms. The predicted molar refractivity (Wildman–Crippen MR) is 70.4 cm³/mol. The van der Waals surface area contributed by atoms with Gasteiger partial charge >= 0.3 is 0 Å². The second-order valence-corrected chi connectivity index (χ2v) is 3.98. The molecule has 2 aromatic rings. The summed E-state index contributed by atoms with van der Waals surface area (Å²) in [5.41, 5.74) is 3.83. The van der Waals surface area contributed by atoms with E-state index in [2.05, 4.69) is 44.2 Å². The van der Waals surface area contributed by atoms with Gasteiger partial charge in [-0.15, -0.1) is 0 Å². The van der Waals surface area contributed by atoms with E-state index in [9.17, 15) is 0 Å². The third-order valence-electron chi connectivity index (χ3n) is 2.67. The van der Waals surface area contributed by atoms with Gasteiger partial charge in [-0.1, -0.05) is 47.9 Å². The second kappa shape index (κ2) is 4.89. The van der Waals surface area contributed by atoms with E-state index >= 15 is 0 Å². The van der Waals surface area contributed by atoms with E-state index in [4.69, 9.17) is 4.74 Å². The molecule has 16 heavy (non-hydrogen) atoms. The zero-order valence-corrected chi connectivity index (χ0v) is 9.73. The molecule has 0 amide bonds. The van der Waals surface area contributed by atoms with Crippen LogP contribution in [0.25, 0.3) is 0 Å². The summed E-state index contributed by atoms with van der Waals surface area (Å²) in [4.78, 5) is 0. The van der Waals surface area contributed by atoms with Gasteiger partial charge in [0, 0.05) is 6.42 Å². The van der Waals surface area contributed by atoms with Gasteiger partial charge < -0.3 is 4.74 Å². The minimum Gasteiger partial charge on any atom is -0.496 e. The first-order chi connectivity index (χ1) is 7.79. The summed E-state index contributed by atoms with van der Waals surface area (Å²) in [7, 11) is 3.83. The van der Waals surface area contributed by atoms with Gasteiger partial charge in [0.05, 0.1) is 7.11 Å². The molecule has 0 unspecified atom stereocenters. The molecule has 0 aliphatic rings. The molecule has 80 valence electrons. The summed E-state index contributed by atoms with van der Waals surface area (Å²) in [5, 5.41) is 0. The van der Waals surface area contributed by atoms with Crippen LogP contribution >= 0.6 is 0 Å². The van der Waals surface area contributed by atoms with Gasteiger partial charge in [-0.2, -0.15) is 0 Å². The van der Waals surface area contributed by atoms with Gasteiger partial charge in [-0.25, -0.2) is 0 Å². The summed E-state index contributed by atoms with van der Waals surface area (Å²) >= 11 is 0. The van der Waals surface area contributed by atoms with Crippen molar-refractivity contribution in [2.24, 2.45) is 0 Å². The average molecular weight is 210 g/mol. The van der Waals surface area contributed by atoms with E-state index in [-0.39, 0.29) is 0 Å². The molecule has 0 aliphatic heterocycles. The number of hydrogen-bond acceptors (Lipinski definition) is 1. The lowest BCUT2D eigenvalue weighted by molar-refractivity contribution is 0.410. The average Bonchev–Trinajstić information content (AvgIpc) is 2.31. The highest BCUT2D eigenvalue weighted by Gasteiger charge is 2.03. The molecular formula is C14H15BO. The van der Waals surface area contributed by atoms with Crippen molar-refractivity contribution in [3.8, 4) is 5.75 Å². The molecular weight excluding hydrogens is 195 g/mol. The van der Waals surface area contributed by atoms with Crippen LogP contribution in [-0.4, -0.2) is 15.0 Å². The van der Waals surface area contributed by atoms with Crippen LogP contribution in [0, 0.1) is 0 Å². The summed E-state index contributed by atoms with van der Waals surface area (Å²) in [6.07, 6.45) is 0.922. The first kappa shape index (κ1) is 10.8. The molecule has 0 spiro atoms. The standard InChI is InChI=1S/C14H15BO/c1-16-14-8-7-13(15)10-12(14)9-11-5-3-2-4-6-11/h2-8,10H,9,15H2,1H3. The lowest BCUT2D eigenvalue weighted by Crippen LogP contribution is -2.05. The van der Waals surface area contributed by atoms with E-state index in [1.165, 1.54) is 16.6 Å². The molecule has 0 fully saturated rings. The van der Waals surface area contributed by atoms with Gasteiger partial charge in [-0.05, 0) is 17.2 Å². The Morgan fingerprint density at radius 1 is 1.06 bits per heavy atom. The monoisotopic (exact) mass is 210 g/mol. The first-order valence-electron chi connectivity index (χ1n) is 5.47. The quantitative estimate of drug-likeness (QED) is 0.698. The normalized spacial score (nSPS) is 10.1. The fraction of sp³-hybridized carbons (Fsp3) is 0.143. The Kier molecular flexibility index (Phi) is 3.30. The van der Waals surface area contributed by atoms with Gasteiger partial charge in [0.2, 0.25) is 0 Å². The van der Waals surface area contributed by atoms with Crippen LogP contribution in [0.1, 0.15) is 11.1 Å². The zero-order valence-electron chi connectivity index (χ0n) is 9.73. The fourth-order valence-electron chi connectivity index (χ4n) is 1.86. The van der Waals surface area contributed by atoms with E-state index < -0.39 is 0 Å². The Labute approximate surface area is 97.5 Å². The topological polar surface area (TPSA) is 9.23 Å². The minimum atomic E-state index is 0.922. The lowest BCUT2D eigenvalue weighted by Gasteiger charge is -2.09. The van der Waals surface area contributed by atoms with E-state index in [1.54, 1.807) is 7.11 Å². The van der Waals surface area contributed by atoms with Crippen LogP contribution in [0.3, 0.4) is 0 Å². The van der Waals surface area contributed by atoms with Gasteiger partial charge in [0.25, 0.3) is 0 Å². The summed E-state index contributed by atoms with van der Waals surface area (Å²) in [5.74, 6) is 0.967. The maximum atomic E-state index is 5.37. The SMILES string of the molecule is Bc1ccc(OC)c(Cc2ccccc2)c1. The maximum absolute atomic E-state index is 5.37. The largest absolute Gasteiger partial charge is 0.496 e. The molecule has 0 saturated carbocycles. The van der Waals surface area contributed by atoms with Crippen molar-refractivity contribution in [3.05, 3.63) is 59.7 Å². The molecule has 0 bridgehead atoms. The number of hydrogen-bond donors (Lipinski definition) is 0. The highest BCUT2D eigenvalue weighted by Crippen LogP contribution is 2.19. The molecule has 2 aromatic carbocycles. The number of ether oxygens (including phenoxy) is 1. The second-order valence-electron chi connectivity index (χ2n) is 3.98. The van der Waals surface area contributed by atoms with Crippen LogP contribution in [-0.2, 0) is 6.42 Å². The van der Waals surface area contributed by atoms with E-state index in [0.29, 0.717) is 0 Å². The van der Waals surface area contributed by atoms with Gasteiger partial charge in [-0.3, -0.25) is 0 Å². The van der Waals surface area contributed by atoms with Gasteiger partial charge in [0.15, 0.2) is 0 Å².